The molecule has 0 saturated heterocycles. The lowest BCUT2D eigenvalue weighted by atomic mass is 10.1. The van der Waals surface area contributed by atoms with Crippen LogP contribution in [-0.2, 0) is 0 Å². The first kappa shape index (κ1) is 19.8. The summed E-state index contributed by atoms with van der Waals surface area (Å²) in [6, 6.07) is 20.8. The van der Waals surface area contributed by atoms with Gasteiger partial charge in [-0.05, 0) is 73.5 Å². The number of fused-ring (bicyclic) bond motifs is 1. The molecular formula is C26H19FN2O3. The van der Waals surface area contributed by atoms with Gasteiger partial charge in [-0.15, -0.1) is 0 Å². The molecule has 0 saturated carbocycles. The molecule has 0 aliphatic rings. The van der Waals surface area contributed by atoms with E-state index in [0.29, 0.717) is 22.5 Å². The summed E-state index contributed by atoms with van der Waals surface area (Å²) in [6.45, 7) is 4.08. The van der Waals surface area contributed by atoms with Crippen LogP contribution in [-0.4, -0.2) is 10.9 Å². The third kappa shape index (κ3) is 3.67. The minimum Gasteiger partial charge on any atom is -0.451 e. The average Bonchev–Trinajstić information content (AvgIpc) is 3.43. The summed E-state index contributed by atoms with van der Waals surface area (Å²) in [4.78, 5) is 17.1. The zero-order chi connectivity index (χ0) is 22.2. The molecule has 32 heavy (non-hydrogen) atoms. The molecule has 158 valence electrons. The Labute approximate surface area is 183 Å². The molecule has 1 amide bonds. The molecule has 0 atom stereocenters. The van der Waals surface area contributed by atoms with Gasteiger partial charge in [0.1, 0.15) is 17.1 Å². The van der Waals surface area contributed by atoms with Crippen molar-refractivity contribution in [1.29, 1.82) is 0 Å². The zero-order valence-electron chi connectivity index (χ0n) is 17.5. The van der Waals surface area contributed by atoms with E-state index in [1.165, 1.54) is 11.6 Å². The molecule has 0 radical (unpaired) electrons. The van der Waals surface area contributed by atoms with Gasteiger partial charge in [0.05, 0.1) is 5.56 Å². The van der Waals surface area contributed by atoms with Crippen molar-refractivity contribution in [3.63, 3.8) is 0 Å². The fourth-order valence-electron chi connectivity index (χ4n) is 3.46. The molecular weight excluding hydrogens is 407 g/mol. The minimum atomic E-state index is -0.412. The Bertz CT molecular complexity index is 1470. The van der Waals surface area contributed by atoms with Gasteiger partial charge in [0, 0.05) is 11.3 Å². The number of furan rings is 1. The van der Waals surface area contributed by atoms with E-state index in [1.54, 1.807) is 48.5 Å². The average molecular weight is 426 g/mol. The molecule has 3 aromatic carbocycles. The number of amides is 1. The summed E-state index contributed by atoms with van der Waals surface area (Å²) >= 11 is 0. The van der Waals surface area contributed by atoms with Crippen LogP contribution in [0.2, 0.25) is 0 Å². The molecule has 5 rings (SSSR count). The minimum absolute atomic E-state index is 0.186. The SMILES string of the molecule is Cc1ccc(-c2ccc(C(=O)Nc3ccc4oc(-c5ccccc5F)nc4c3)o2)cc1C. The topological polar surface area (TPSA) is 68.3 Å². The van der Waals surface area contributed by atoms with Gasteiger partial charge in [-0.25, -0.2) is 9.37 Å². The highest BCUT2D eigenvalue weighted by Crippen LogP contribution is 2.29. The molecule has 0 unspecified atom stereocenters. The quantitative estimate of drug-likeness (QED) is 0.345. The van der Waals surface area contributed by atoms with E-state index in [-0.39, 0.29) is 23.1 Å². The fraction of sp³-hybridized carbons (Fsp3) is 0.0769. The largest absolute Gasteiger partial charge is 0.451 e. The van der Waals surface area contributed by atoms with Gasteiger partial charge in [-0.3, -0.25) is 4.79 Å². The molecule has 0 fully saturated rings. The van der Waals surface area contributed by atoms with Crippen LogP contribution in [0.15, 0.2) is 81.6 Å². The summed E-state index contributed by atoms with van der Waals surface area (Å²) in [5.41, 5.74) is 5.08. The lowest BCUT2D eigenvalue weighted by Crippen LogP contribution is -2.10. The van der Waals surface area contributed by atoms with E-state index in [9.17, 15) is 9.18 Å². The fourth-order valence-corrected chi connectivity index (χ4v) is 3.46. The van der Waals surface area contributed by atoms with Gasteiger partial charge >= 0.3 is 0 Å². The van der Waals surface area contributed by atoms with Crippen molar-refractivity contribution in [2.45, 2.75) is 13.8 Å². The standard InChI is InChI=1S/C26H19FN2O3/c1-15-7-8-17(13-16(15)2)22-11-12-24(31-22)25(30)28-18-9-10-23-21(14-18)29-26(32-23)19-5-3-4-6-20(19)27/h3-14H,1-2H3,(H,28,30). The van der Waals surface area contributed by atoms with Crippen LogP contribution < -0.4 is 5.32 Å². The highest BCUT2D eigenvalue weighted by molar-refractivity contribution is 6.03. The van der Waals surface area contributed by atoms with Crippen LogP contribution in [0.5, 0.6) is 0 Å². The maximum atomic E-state index is 14.0. The number of halogens is 1. The number of aryl methyl sites for hydroxylation is 2. The van der Waals surface area contributed by atoms with Crippen LogP contribution in [0.3, 0.4) is 0 Å². The Hall–Kier alpha value is -4.19. The van der Waals surface area contributed by atoms with Crippen LogP contribution >= 0.6 is 0 Å². The molecule has 6 heteroatoms. The summed E-state index contributed by atoms with van der Waals surface area (Å²) < 4.78 is 25.5. The molecule has 0 aliphatic heterocycles. The molecule has 5 aromatic rings. The Morgan fingerprint density at radius 1 is 0.906 bits per heavy atom. The lowest BCUT2D eigenvalue weighted by molar-refractivity contribution is 0.0997. The number of hydrogen-bond acceptors (Lipinski definition) is 4. The Balaban J connectivity index is 1.37. The number of rotatable bonds is 4. The predicted octanol–water partition coefficient (Wildman–Crippen LogP) is 6.76. The Morgan fingerprint density at radius 3 is 2.56 bits per heavy atom. The van der Waals surface area contributed by atoms with Gasteiger partial charge in [-0.2, -0.15) is 0 Å². The third-order valence-corrected chi connectivity index (χ3v) is 5.37. The van der Waals surface area contributed by atoms with Gasteiger partial charge in [-0.1, -0.05) is 24.3 Å². The second kappa shape index (κ2) is 7.81. The Kier molecular flexibility index (Phi) is 4.82. The lowest BCUT2D eigenvalue weighted by Gasteiger charge is -2.04. The van der Waals surface area contributed by atoms with Gasteiger partial charge in [0.25, 0.3) is 5.91 Å². The van der Waals surface area contributed by atoms with Crippen molar-refractivity contribution in [2.75, 3.05) is 5.32 Å². The molecule has 1 N–H and O–H groups in total. The summed E-state index contributed by atoms with van der Waals surface area (Å²) in [6.07, 6.45) is 0. The number of nitrogens with zero attached hydrogens (tertiary/aromatic N) is 1. The van der Waals surface area contributed by atoms with E-state index < -0.39 is 5.82 Å². The van der Waals surface area contributed by atoms with Crippen molar-refractivity contribution in [3.8, 4) is 22.8 Å². The van der Waals surface area contributed by atoms with Gasteiger partial charge < -0.3 is 14.2 Å². The number of oxazole rings is 1. The normalized spacial score (nSPS) is 11.1. The van der Waals surface area contributed by atoms with Crippen molar-refractivity contribution in [1.82, 2.24) is 4.98 Å². The molecule has 0 spiro atoms. The van der Waals surface area contributed by atoms with Crippen molar-refractivity contribution in [2.24, 2.45) is 0 Å². The first-order valence-corrected chi connectivity index (χ1v) is 10.1. The highest BCUT2D eigenvalue weighted by atomic mass is 19.1. The monoisotopic (exact) mass is 426 g/mol. The van der Waals surface area contributed by atoms with Gasteiger partial charge in [0.2, 0.25) is 5.89 Å². The summed E-state index contributed by atoms with van der Waals surface area (Å²) in [5.74, 6) is 0.220. The zero-order valence-corrected chi connectivity index (χ0v) is 17.5. The maximum absolute atomic E-state index is 14.0. The summed E-state index contributed by atoms with van der Waals surface area (Å²) in [5, 5.41) is 2.81. The molecule has 2 heterocycles. The molecule has 0 bridgehead atoms. The number of hydrogen-bond donors (Lipinski definition) is 1. The van der Waals surface area contributed by atoms with Gasteiger partial charge in [0.15, 0.2) is 11.3 Å². The van der Waals surface area contributed by atoms with Crippen molar-refractivity contribution >= 4 is 22.7 Å². The number of anilines is 1. The van der Waals surface area contributed by atoms with E-state index in [1.807, 2.05) is 32.0 Å². The number of aromatic nitrogens is 1. The Morgan fingerprint density at radius 2 is 1.75 bits per heavy atom. The molecule has 5 nitrogen and oxygen atoms in total. The van der Waals surface area contributed by atoms with E-state index in [4.69, 9.17) is 8.83 Å². The van der Waals surface area contributed by atoms with E-state index in [2.05, 4.69) is 10.3 Å². The predicted molar refractivity (Wildman–Crippen MR) is 121 cm³/mol. The molecule has 0 aliphatic carbocycles. The third-order valence-electron chi connectivity index (χ3n) is 5.37. The number of benzene rings is 3. The first-order valence-electron chi connectivity index (χ1n) is 10.1. The summed E-state index contributed by atoms with van der Waals surface area (Å²) in [7, 11) is 0. The van der Waals surface area contributed by atoms with Crippen LogP contribution in [0.25, 0.3) is 33.9 Å². The first-order chi connectivity index (χ1) is 15.5. The highest BCUT2D eigenvalue weighted by Gasteiger charge is 2.15. The molecule has 2 aromatic heterocycles. The number of nitrogens with one attached hydrogen (secondary N) is 1. The maximum Gasteiger partial charge on any atom is 0.291 e. The van der Waals surface area contributed by atoms with Crippen LogP contribution in [0.4, 0.5) is 10.1 Å². The van der Waals surface area contributed by atoms with E-state index in [0.717, 1.165) is 11.1 Å². The second-order valence-corrected chi connectivity index (χ2v) is 7.60. The van der Waals surface area contributed by atoms with Crippen molar-refractivity contribution < 1.29 is 18.0 Å². The smallest absolute Gasteiger partial charge is 0.291 e. The van der Waals surface area contributed by atoms with Crippen molar-refractivity contribution in [3.05, 3.63) is 95.5 Å². The number of carbonyl (C=O) groups excluding carboxylic acids is 1. The van der Waals surface area contributed by atoms with Crippen LogP contribution in [0.1, 0.15) is 21.7 Å². The van der Waals surface area contributed by atoms with Crippen LogP contribution in [0, 0.1) is 19.7 Å². The number of carbonyl (C=O) groups is 1. The van der Waals surface area contributed by atoms with E-state index >= 15 is 0 Å². The second-order valence-electron chi connectivity index (χ2n) is 7.60.